The lowest BCUT2D eigenvalue weighted by atomic mass is 10.2. The second-order valence-electron chi connectivity index (χ2n) is 4.29. The van der Waals surface area contributed by atoms with E-state index in [4.69, 9.17) is 5.26 Å². The standard InChI is InChI=1S/C14H21N3/c1-4-16-13(11-15)9-10-17(3)14-7-5-12(2)6-8-14/h5-8,13,16H,4,9-10H2,1-3H3. The highest BCUT2D eigenvalue weighted by molar-refractivity contribution is 5.46. The Bertz CT molecular complexity index is 364. The van der Waals surface area contributed by atoms with Crippen molar-refractivity contribution in [3.05, 3.63) is 29.8 Å². The van der Waals surface area contributed by atoms with Crippen molar-refractivity contribution >= 4 is 5.69 Å². The van der Waals surface area contributed by atoms with E-state index in [0.29, 0.717) is 0 Å². The fourth-order valence-corrected chi connectivity index (χ4v) is 1.71. The highest BCUT2D eigenvalue weighted by atomic mass is 15.1. The Labute approximate surface area is 104 Å². The first kappa shape index (κ1) is 13.5. The van der Waals surface area contributed by atoms with E-state index in [2.05, 4.69) is 54.5 Å². The molecule has 92 valence electrons. The van der Waals surface area contributed by atoms with Gasteiger partial charge in [-0.05, 0) is 32.0 Å². The smallest absolute Gasteiger partial charge is 0.0969 e. The minimum Gasteiger partial charge on any atom is -0.375 e. The monoisotopic (exact) mass is 231 g/mol. The van der Waals surface area contributed by atoms with Crippen LogP contribution in [0.4, 0.5) is 5.69 Å². The van der Waals surface area contributed by atoms with Gasteiger partial charge in [0.2, 0.25) is 0 Å². The van der Waals surface area contributed by atoms with E-state index < -0.39 is 0 Å². The SMILES string of the molecule is CCNC(C#N)CCN(C)c1ccc(C)cc1. The quantitative estimate of drug-likeness (QED) is 0.816. The summed E-state index contributed by atoms with van der Waals surface area (Å²) in [4.78, 5) is 2.18. The van der Waals surface area contributed by atoms with Crippen LogP contribution in [0.3, 0.4) is 0 Å². The molecule has 0 aliphatic carbocycles. The fraction of sp³-hybridized carbons (Fsp3) is 0.500. The first-order valence-corrected chi connectivity index (χ1v) is 6.08. The van der Waals surface area contributed by atoms with Crippen LogP contribution in [0.25, 0.3) is 0 Å². The molecular weight excluding hydrogens is 210 g/mol. The molecule has 0 fully saturated rings. The molecule has 3 heteroatoms. The lowest BCUT2D eigenvalue weighted by Gasteiger charge is -2.21. The molecule has 3 nitrogen and oxygen atoms in total. The third-order valence-corrected chi connectivity index (χ3v) is 2.83. The van der Waals surface area contributed by atoms with Gasteiger partial charge in [0.25, 0.3) is 0 Å². The van der Waals surface area contributed by atoms with Gasteiger partial charge in [0.1, 0.15) is 0 Å². The normalized spacial score (nSPS) is 11.9. The predicted molar refractivity (Wildman–Crippen MR) is 72.1 cm³/mol. The molecule has 17 heavy (non-hydrogen) atoms. The van der Waals surface area contributed by atoms with Crippen molar-refractivity contribution in [1.82, 2.24) is 5.32 Å². The minimum atomic E-state index is -0.0482. The van der Waals surface area contributed by atoms with Crippen LogP contribution in [0.2, 0.25) is 0 Å². The van der Waals surface area contributed by atoms with Gasteiger partial charge in [0, 0.05) is 19.3 Å². The first-order chi connectivity index (χ1) is 8.17. The van der Waals surface area contributed by atoms with Gasteiger partial charge >= 0.3 is 0 Å². The molecule has 1 atom stereocenters. The van der Waals surface area contributed by atoms with Gasteiger partial charge in [-0.15, -0.1) is 0 Å². The molecule has 0 saturated carbocycles. The molecular formula is C14H21N3. The summed E-state index contributed by atoms with van der Waals surface area (Å²) >= 11 is 0. The average Bonchev–Trinajstić information content (AvgIpc) is 2.35. The van der Waals surface area contributed by atoms with Gasteiger partial charge in [0.15, 0.2) is 0 Å². The minimum absolute atomic E-state index is 0.0482. The van der Waals surface area contributed by atoms with Gasteiger partial charge < -0.3 is 10.2 Å². The summed E-state index contributed by atoms with van der Waals surface area (Å²) in [5, 5.41) is 12.1. The van der Waals surface area contributed by atoms with Gasteiger partial charge in [-0.2, -0.15) is 5.26 Å². The molecule has 1 aromatic rings. The number of nitrogens with one attached hydrogen (secondary N) is 1. The Hall–Kier alpha value is -1.53. The van der Waals surface area contributed by atoms with Crippen molar-refractivity contribution in [3.8, 4) is 6.07 Å². The molecule has 0 aromatic heterocycles. The first-order valence-electron chi connectivity index (χ1n) is 6.08. The molecule has 0 amide bonds. The van der Waals surface area contributed by atoms with E-state index in [-0.39, 0.29) is 6.04 Å². The van der Waals surface area contributed by atoms with Crippen molar-refractivity contribution in [2.75, 3.05) is 25.0 Å². The second-order valence-corrected chi connectivity index (χ2v) is 4.29. The molecule has 0 radical (unpaired) electrons. The van der Waals surface area contributed by atoms with Crippen LogP contribution < -0.4 is 10.2 Å². The number of nitriles is 1. The maximum atomic E-state index is 8.95. The third-order valence-electron chi connectivity index (χ3n) is 2.83. The molecule has 1 N–H and O–H groups in total. The summed E-state index contributed by atoms with van der Waals surface area (Å²) in [6.45, 7) is 5.83. The van der Waals surface area contributed by atoms with Crippen LogP contribution in [-0.4, -0.2) is 26.2 Å². The zero-order valence-corrected chi connectivity index (χ0v) is 10.9. The number of rotatable bonds is 6. The average molecular weight is 231 g/mol. The molecule has 1 aromatic carbocycles. The zero-order valence-electron chi connectivity index (χ0n) is 10.9. The van der Waals surface area contributed by atoms with Gasteiger partial charge in [-0.3, -0.25) is 0 Å². The summed E-state index contributed by atoms with van der Waals surface area (Å²) in [7, 11) is 2.06. The van der Waals surface area contributed by atoms with Gasteiger partial charge in [-0.1, -0.05) is 24.6 Å². The van der Waals surface area contributed by atoms with Gasteiger partial charge in [-0.25, -0.2) is 0 Å². The van der Waals surface area contributed by atoms with Crippen molar-refractivity contribution < 1.29 is 0 Å². The van der Waals surface area contributed by atoms with Crippen LogP contribution in [0.1, 0.15) is 18.9 Å². The summed E-state index contributed by atoms with van der Waals surface area (Å²) in [5.74, 6) is 0. The van der Waals surface area contributed by atoms with E-state index >= 15 is 0 Å². The lowest BCUT2D eigenvalue weighted by Crippen LogP contribution is -2.31. The largest absolute Gasteiger partial charge is 0.375 e. The second kappa shape index (κ2) is 6.93. The van der Waals surface area contributed by atoms with Gasteiger partial charge in [0.05, 0.1) is 12.1 Å². The topological polar surface area (TPSA) is 39.1 Å². The Balaban J connectivity index is 2.46. The summed E-state index contributed by atoms with van der Waals surface area (Å²) in [6, 6.07) is 10.7. The number of benzene rings is 1. The Kier molecular flexibility index (Phi) is 5.51. The molecule has 0 aliphatic rings. The molecule has 0 saturated heterocycles. The van der Waals surface area contributed by atoms with Crippen LogP contribution in [0.15, 0.2) is 24.3 Å². The highest BCUT2D eigenvalue weighted by Crippen LogP contribution is 2.13. The highest BCUT2D eigenvalue weighted by Gasteiger charge is 2.07. The van der Waals surface area contributed by atoms with E-state index in [1.807, 2.05) is 6.92 Å². The van der Waals surface area contributed by atoms with Crippen LogP contribution in [0.5, 0.6) is 0 Å². The Morgan fingerprint density at radius 2 is 2.00 bits per heavy atom. The van der Waals surface area contributed by atoms with E-state index in [1.54, 1.807) is 0 Å². The predicted octanol–water partition coefficient (Wildman–Crippen LogP) is 2.32. The van der Waals surface area contributed by atoms with Crippen molar-refractivity contribution in [3.63, 3.8) is 0 Å². The molecule has 1 rings (SSSR count). The molecule has 0 heterocycles. The zero-order chi connectivity index (χ0) is 12.7. The maximum absolute atomic E-state index is 8.95. The summed E-state index contributed by atoms with van der Waals surface area (Å²) < 4.78 is 0. The maximum Gasteiger partial charge on any atom is 0.0969 e. The number of hydrogen-bond donors (Lipinski definition) is 1. The summed E-state index contributed by atoms with van der Waals surface area (Å²) in [5.41, 5.74) is 2.47. The van der Waals surface area contributed by atoms with Crippen molar-refractivity contribution in [1.29, 1.82) is 5.26 Å². The van der Waals surface area contributed by atoms with E-state index in [0.717, 1.165) is 19.5 Å². The Morgan fingerprint density at radius 1 is 1.35 bits per heavy atom. The molecule has 0 spiro atoms. The molecule has 0 bridgehead atoms. The number of anilines is 1. The lowest BCUT2D eigenvalue weighted by molar-refractivity contribution is 0.582. The van der Waals surface area contributed by atoms with Crippen molar-refractivity contribution in [2.24, 2.45) is 0 Å². The van der Waals surface area contributed by atoms with Crippen molar-refractivity contribution in [2.45, 2.75) is 26.3 Å². The Morgan fingerprint density at radius 3 is 2.53 bits per heavy atom. The number of aryl methyl sites for hydroxylation is 1. The molecule has 0 aliphatic heterocycles. The van der Waals surface area contributed by atoms with E-state index in [1.165, 1.54) is 11.3 Å². The molecule has 1 unspecified atom stereocenters. The van der Waals surface area contributed by atoms with E-state index in [9.17, 15) is 0 Å². The van der Waals surface area contributed by atoms with Crippen LogP contribution >= 0.6 is 0 Å². The number of nitrogens with zero attached hydrogens (tertiary/aromatic N) is 2. The third kappa shape index (κ3) is 4.46. The van der Waals surface area contributed by atoms with Crippen LogP contribution in [0, 0.1) is 18.3 Å². The fourth-order valence-electron chi connectivity index (χ4n) is 1.71. The number of hydrogen-bond acceptors (Lipinski definition) is 3. The van der Waals surface area contributed by atoms with Crippen LogP contribution in [-0.2, 0) is 0 Å². The summed E-state index contributed by atoms with van der Waals surface area (Å²) in [6.07, 6.45) is 0.842.